The Morgan fingerprint density at radius 1 is 0.680 bits per heavy atom. The molecule has 0 amide bonds. The average Bonchev–Trinajstić information content (AvgIpc) is 2.69. The first-order chi connectivity index (χ1) is 12.3. The van der Waals surface area contributed by atoms with Crippen molar-refractivity contribution in [1.82, 2.24) is 10.2 Å². The van der Waals surface area contributed by atoms with Crippen molar-refractivity contribution in [3.63, 3.8) is 0 Å². The van der Waals surface area contributed by atoms with Crippen LogP contribution in [0.3, 0.4) is 0 Å². The molecule has 1 atom stereocenters. The van der Waals surface area contributed by atoms with Crippen LogP contribution in [0.25, 0.3) is 22.0 Å². The molecule has 3 heteroatoms. The van der Waals surface area contributed by atoms with Gasteiger partial charge in [0.25, 0.3) is 0 Å². The highest BCUT2D eigenvalue weighted by atomic mass is 15.2. The maximum absolute atomic E-state index is 4.51. The van der Waals surface area contributed by atoms with Crippen LogP contribution in [0.15, 0.2) is 84.9 Å². The monoisotopic (exact) mass is 325 g/mol. The summed E-state index contributed by atoms with van der Waals surface area (Å²) in [5.74, 6) is 0.812. The van der Waals surface area contributed by atoms with Crippen LogP contribution in [-0.4, -0.2) is 10.2 Å². The Bertz CT molecular complexity index is 982. The van der Waals surface area contributed by atoms with Crippen molar-refractivity contribution in [2.24, 2.45) is 0 Å². The van der Waals surface area contributed by atoms with Crippen LogP contribution < -0.4 is 5.32 Å². The second-order valence-corrected chi connectivity index (χ2v) is 6.09. The molecular weight excluding hydrogens is 306 g/mol. The number of hydrogen-bond acceptors (Lipinski definition) is 3. The number of rotatable bonds is 4. The lowest BCUT2D eigenvalue weighted by atomic mass is 10.0. The molecular formula is C22H19N3. The summed E-state index contributed by atoms with van der Waals surface area (Å²) in [5, 5.41) is 14.7. The van der Waals surface area contributed by atoms with E-state index in [1.54, 1.807) is 0 Å². The number of aromatic nitrogens is 2. The topological polar surface area (TPSA) is 37.8 Å². The number of anilines is 1. The van der Waals surface area contributed by atoms with Crippen LogP contribution in [0.1, 0.15) is 18.5 Å². The third-order valence-corrected chi connectivity index (χ3v) is 4.39. The molecule has 25 heavy (non-hydrogen) atoms. The summed E-state index contributed by atoms with van der Waals surface area (Å²) in [6.07, 6.45) is 0. The molecule has 0 aliphatic rings. The molecule has 0 unspecified atom stereocenters. The number of nitrogens with zero attached hydrogens (tertiary/aromatic N) is 2. The van der Waals surface area contributed by atoms with E-state index in [9.17, 15) is 0 Å². The second-order valence-electron chi connectivity index (χ2n) is 6.09. The van der Waals surface area contributed by atoms with E-state index in [1.165, 1.54) is 5.56 Å². The fourth-order valence-corrected chi connectivity index (χ4v) is 3.05. The van der Waals surface area contributed by atoms with E-state index in [2.05, 4.69) is 71.0 Å². The lowest BCUT2D eigenvalue weighted by Gasteiger charge is -2.17. The quantitative estimate of drug-likeness (QED) is 0.540. The predicted molar refractivity (Wildman–Crippen MR) is 103 cm³/mol. The third kappa shape index (κ3) is 3.09. The summed E-state index contributed by atoms with van der Waals surface area (Å²) in [6.45, 7) is 2.14. The molecule has 1 N–H and O–H groups in total. The van der Waals surface area contributed by atoms with Crippen molar-refractivity contribution in [3.05, 3.63) is 90.5 Å². The largest absolute Gasteiger partial charge is 0.362 e. The van der Waals surface area contributed by atoms with Gasteiger partial charge in [-0.2, -0.15) is 0 Å². The summed E-state index contributed by atoms with van der Waals surface area (Å²) in [6, 6.07) is 29.0. The zero-order chi connectivity index (χ0) is 17.1. The smallest absolute Gasteiger partial charge is 0.157 e. The summed E-state index contributed by atoms with van der Waals surface area (Å²) in [5.41, 5.74) is 3.21. The Morgan fingerprint density at radius 3 is 2.00 bits per heavy atom. The molecule has 0 bridgehead atoms. The van der Waals surface area contributed by atoms with Gasteiger partial charge >= 0.3 is 0 Å². The average molecular weight is 325 g/mol. The standard InChI is InChI=1S/C22H19N3/c1-16(17-10-4-2-5-11-17)23-22-20-15-9-8-14-19(20)21(24-25-22)18-12-6-3-7-13-18/h2-16H,1H3,(H,23,25)/t16-/m1/s1. The van der Waals surface area contributed by atoms with Gasteiger partial charge in [0.1, 0.15) is 5.69 Å². The first-order valence-electron chi connectivity index (χ1n) is 8.45. The van der Waals surface area contributed by atoms with Crippen molar-refractivity contribution >= 4 is 16.6 Å². The van der Waals surface area contributed by atoms with Crippen molar-refractivity contribution in [1.29, 1.82) is 0 Å². The maximum atomic E-state index is 4.51. The minimum absolute atomic E-state index is 0.154. The number of fused-ring (bicyclic) bond motifs is 1. The molecule has 4 aromatic rings. The molecule has 3 nitrogen and oxygen atoms in total. The summed E-state index contributed by atoms with van der Waals surface area (Å²) in [7, 11) is 0. The van der Waals surface area contributed by atoms with E-state index < -0.39 is 0 Å². The zero-order valence-corrected chi connectivity index (χ0v) is 14.1. The van der Waals surface area contributed by atoms with Gasteiger partial charge in [0.05, 0.1) is 6.04 Å². The molecule has 0 aliphatic carbocycles. The lowest BCUT2D eigenvalue weighted by molar-refractivity contribution is 0.866. The molecule has 0 saturated heterocycles. The Hall–Kier alpha value is -3.20. The molecule has 1 heterocycles. The van der Waals surface area contributed by atoms with Crippen molar-refractivity contribution in [3.8, 4) is 11.3 Å². The van der Waals surface area contributed by atoms with Gasteiger partial charge in [-0.1, -0.05) is 84.9 Å². The minimum atomic E-state index is 0.154. The van der Waals surface area contributed by atoms with Crippen LogP contribution in [0.5, 0.6) is 0 Å². The SMILES string of the molecule is C[C@@H](Nc1nnc(-c2ccccc2)c2ccccc12)c1ccccc1. The van der Waals surface area contributed by atoms with Gasteiger partial charge < -0.3 is 5.32 Å². The van der Waals surface area contributed by atoms with Gasteiger partial charge in [0.2, 0.25) is 0 Å². The summed E-state index contributed by atoms with van der Waals surface area (Å²) < 4.78 is 0. The molecule has 122 valence electrons. The fraction of sp³-hybridized carbons (Fsp3) is 0.0909. The van der Waals surface area contributed by atoms with Crippen LogP contribution >= 0.6 is 0 Å². The van der Waals surface area contributed by atoms with E-state index in [-0.39, 0.29) is 6.04 Å². The summed E-state index contributed by atoms with van der Waals surface area (Å²) >= 11 is 0. The molecule has 0 spiro atoms. The molecule has 1 aromatic heterocycles. The van der Waals surface area contributed by atoms with Gasteiger partial charge in [-0.15, -0.1) is 10.2 Å². The van der Waals surface area contributed by atoms with E-state index in [1.807, 2.05) is 36.4 Å². The van der Waals surface area contributed by atoms with Crippen LogP contribution in [0.4, 0.5) is 5.82 Å². The normalized spacial score (nSPS) is 12.0. The third-order valence-electron chi connectivity index (χ3n) is 4.39. The van der Waals surface area contributed by atoms with Crippen LogP contribution in [0.2, 0.25) is 0 Å². The van der Waals surface area contributed by atoms with E-state index in [0.717, 1.165) is 27.8 Å². The highest BCUT2D eigenvalue weighted by Gasteiger charge is 2.13. The Labute approximate surface area is 147 Å². The van der Waals surface area contributed by atoms with Crippen molar-refractivity contribution < 1.29 is 0 Å². The van der Waals surface area contributed by atoms with Crippen molar-refractivity contribution in [2.75, 3.05) is 5.32 Å². The molecule has 0 fully saturated rings. The van der Waals surface area contributed by atoms with E-state index in [4.69, 9.17) is 0 Å². The highest BCUT2D eigenvalue weighted by molar-refractivity contribution is 6.00. The predicted octanol–water partition coefficient (Wildman–Crippen LogP) is 5.47. The zero-order valence-electron chi connectivity index (χ0n) is 14.1. The number of nitrogens with one attached hydrogen (secondary N) is 1. The Kier molecular flexibility index (Phi) is 4.13. The number of benzene rings is 3. The Balaban J connectivity index is 1.77. The molecule has 0 aliphatic heterocycles. The van der Waals surface area contributed by atoms with Gasteiger partial charge in [-0.05, 0) is 12.5 Å². The van der Waals surface area contributed by atoms with Crippen LogP contribution in [0, 0.1) is 0 Å². The van der Waals surface area contributed by atoms with Crippen molar-refractivity contribution in [2.45, 2.75) is 13.0 Å². The van der Waals surface area contributed by atoms with Gasteiger partial charge in [0.15, 0.2) is 5.82 Å². The highest BCUT2D eigenvalue weighted by Crippen LogP contribution is 2.31. The van der Waals surface area contributed by atoms with Gasteiger partial charge in [0, 0.05) is 16.3 Å². The van der Waals surface area contributed by atoms with Gasteiger partial charge in [-0.3, -0.25) is 0 Å². The lowest BCUT2D eigenvalue weighted by Crippen LogP contribution is -2.09. The Morgan fingerprint density at radius 2 is 1.28 bits per heavy atom. The molecule has 4 rings (SSSR count). The van der Waals surface area contributed by atoms with Gasteiger partial charge in [-0.25, -0.2) is 0 Å². The second kappa shape index (κ2) is 6.73. The maximum Gasteiger partial charge on any atom is 0.157 e. The first-order valence-corrected chi connectivity index (χ1v) is 8.45. The summed E-state index contributed by atoms with van der Waals surface area (Å²) in [4.78, 5) is 0. The molecule has 3 aromatic carbocycles. The first kappa shape index (κ1) is 15.3. The van der Waals surface area contributed by atoms with E-state index >= 15 is 0 Å². The molecule has 0 radical (unpaired) electrons. The minimum Gasteiger partial charge on any atom is -0.362 e. The van der Waals surface area contributed by atoms with E-state index in [0.29, 0.717) is 0 Å². The molecule has 0 saturated carbocycles. The fourth-order valence-electron chi connectivity index (χ4n) is 3.05. The number of hydrogen-bond donors (Lipinski definition) is 1. The van der Waals surface area contributed by atoms with Crippen LogP contribution in [-0.2, 0) is 0 Å².